The van der Waals surface area contributed by atoms with E-state index in [9.17, 15) is 14.4 Å². The summed E-state index contributed by atoms with van der Waals surface area (Å²) in [6, 6.07) is 15.0. The minimum Gasteiger partial charge on any atom is -0.444 e. The van der Waals surface area contributed by atoms with Gasteiger partial charge in [0.2, 0.25) is 11.8 Å². The van der Waals surface area contributed by atoms with Gasteiger partial charge in [-0.05, 0) is 51.0 Å². The maximum atomic E-state index is 12.1. The molecule has 0 spiro atoms. The summed E-state index contributed by atoms with van der Waals surface area (Å²) in [6.45, 7) is 7.46. The molecule has 7 heteroatoms. The number of carbonyl (C=O) groups excluding carboxylic acids is 3. The van der Waals surface area contributed by atoms with Crippen LogP contribution in [-0.4, -0.2) is 30.1 Å². The van der Waals surface area contributed by atoms with Crippen molar-refractivity contribution < 1.29 is 19.1 Å². The molecule has 30 heavy (non-hydrogen) atoms. The number of ether oxygens (including phenoxy) is 1. The normalized spacial score (nSPS) is 10.8. The highest BCUT2D eigenvalue weighted by Crippen LogP contribution is 2.10. The van der Waals surface area contributed by atoms with Gasteiger partial charge in [0.25, 0.3) is 0 Å². The molecular weight excluding hydrogens is 382 g/mol. The van der Waals surface area contributed by atoms with E-state index in [1.165, 1.54) is 0 Å². The molecular formula is C23H29N3O4. The number of hydrogen-bond acceptors (Lipinski definition) is 4. The van der Waals surface area contributed by atoms with Gasteiger partial charge in [0.05, 0.1) is 6.42 Å². The standard InChI is InChI=1S/C23H29N3O4/c1-16-6-5-7-18(12-16)13-20(27)24-14-17-8-10-19(11-9-17)26-21(28)15-25-22(29)30-23(2,3)4/h5-12H,13-15H2,1-4H3,(H,24,27)(H,25,29)(H,26,28). The summed E-state index contributed by atoms with van der Waals surface area (Å²) < 4.78 is 5.08. The van der Waals surface area contributed by atoms with Crippen molar-refractivity contribution in [2.75, 3.05) is 11.9 Å². The van der Waals surface area contributed by atoms with Gasteiger partial charge in [-0.25, -0.2) is 4.79 Å². The molecule has 3 amide bonds. The number of alkyl carbamates (subject to hydrolysis) is 1. The summed E-state index contributed by atoms with van der Waals surface area (Å²) in [7, 11) is 0. The van der Waals surface area contributed by atoms with E-state index in [2.05, 4.69) is 16.0 Å². The zero-order valence-electron chi connectivity index (χ0n) is 17.9. The minimum atomic E-state index is -0.644. The fourth-order valence-corrected chi connectivity index (χ4v) is 2.65. The third-order valence-corrected chi connectivity index (χ3v) is 3.97. The SMILES string of the molecule is Cc1cccc(CC(=O)NCc2ccc(NC(=O)CNC(=O)OC(C)(C)C)cc2)c1. The van der Waals surface area contributed by atoms with Crippen LogP contribution >= 0.6 is 0 Å². The first-order valence-electron chi connectivity index (χ1n) is 9.78. The van der Waals surface area contributed by atoms with Crippen molar-refractivity contribution in [2.24, 2.45) is 0 Å². The first-order valence-corrected chi connectivity index (χ1v) is 9.78. The van der Waals surface area contributed by atoms with E-state index in [4.69, 9.17) is 4.74 Å². The summed E-state index contributed by atoms with van der Waals surface area (Å²) >= 11 is 0. The van der Waals surface area contributed by atoms with Crippen molar-refractivity contribution >= 4 is 23.6 Å². The third kappa shape index (κ3) is 8.77. The maximum absolute atomic E-state index is 12.1. The van der Waals surface area contributed by atoms with E-state index in [-0.39, 0.29) is 18.4 Å². The van der Waals surface area contributed by atoms with Crippen LogP contribution < -0.4 is 16.0 Å². The van der Waals surface area contributed by atoms with E-state index in [1.54, 1.807) is 32.9 Å². The molecule has 3 N–H and O–H groups in total. The average molecular weight is 412 g/mol. The zero-order valence-corrected chi connectivity index (χ0v) is 17.9. The molecule has 0 atom stereocenters. The molecule has 0 bridgehead atoms. The lowest BCUT2D eigenvalue weighted by Gasteiger charge is -2.19. The molecule has 0 saturated carbocycles. The molecule has 0 fully saturated rings. The van der Waals surface area contributed by atoms with Crippen LogP contribution in [0.5, 0.6) is 0 Å². The van der Waals surface area contributed by atoms with E-state index in [0.29, 0.717) is 18.7 Å². The number of aryl methyl sites for hydroxylation is 1. The quantitative estimate of drug-likeness (QED) is 0.651. The second-order valence-corrected chi connectivity index (χ2v) is 8.04. The lowest BCUT2D eigenvalue weighted by atomic mass is 10.1. The molecule has 160 valence electrons. The Labute approximate surface area is 177 Å². The number of anilines is 1. The molecule has 2 rings (SSSR count). The highest BCUT2D eigenvalue weighted by molar-refractivity contribution is 5.93. The molecule has 0 aliphatic heterocycles. The van der Waals surface area contributed by atoms with Gasteiger partial charge in [0.1, 0.15) is 12.1 Å². The van der Waals surface area contributed by atoms with Gasteiger partial charge >= 0.3 is 6.09 Å². The lowest BCUT2D eigenvalue weighted by molar-refractivity contribution is -0.120. The second kappa shape index (κ2) is 10.4. The minimum absolute atomic E-state index is 0.0498. The first-order chi connectivity index (χ1) is 14.1. The summed E-state index contributed by atoms with van der Waals surface area (Å²) in [5.74, 6) is -0.411. The monoisotopic (exact) mass is 411 g/mol. The Bertz CT molecular complexity index is 886. The Kier molecular flexibility index (Phi) is 7.98. The van der Waals surface area contributed by atoms with E-state index in [0.717, 1.165) is 16.7 Å². The Morgan fingerprint density at radius 3 is 2.23 bits per heavy atom. The third-order valence-electron chi connectivity index (χ3n) is 3.97. The van der Waals surface area contributed by atoms with Crippen molar-refractivity contribution in [1.29, 1.82) is 0 Å². The number of amides is 3. The van der Waals surface area contributed by atoms with Crippen LogP contribution in [0.25, 0.3) is 0 Å². The number of carbonyl (C=O) groups is 3. The maximum Gasteiger partial charge on any atom is 0.408 e. The van der Waals surface area contributed by atoms with Crippen LogP contribution in [0.1, 0.15) is 37.5 Å². The van der Waals surface area contributed by atoms with Gasteiger partial charge in [0, 0.05) is 12.2 Å². The summed E-state index contributed by atoms with van der Waals surface area (Å²) in [6.07, 6.45) is -0.310. The highest BCUT2D eigenvalue weighted by Gasteiger charge is 2.16. The highest BCUT2D eigenvalue weighted by atomic mass is 16.6. The van der Waals surface area contributed by atoms with Crippen LogP contribution in [0.3, 0.4) is 0 Å². The van der Waals surface area contributed by atoms with Gasteiger partial charge in [-0.1, -0.05) is 42.0 Å². The van der Waals surface area contributed by atoms with E-state index < -0.39 is 11.7 Å². The molecule has 2 aromatic carbocycles. The molecule has 0 radical (unpaired) electrons. The topological polar surface area (TPSA) is 96.5 Å². The predicted molar refractivity (Wildman–Crippen MR) is 116 cm³/mol. The summed E-state index contributed by atoms with van der Waals surface area (Å²) in [4.78, 5) is 35.6. The molecule has 7 nitrogen and oxygen atoms in total. The number of hydrogen-bond donors (Lipinski definition) is 3. The van der Waals surface area contributed by atoms with Gasteiger partial charge in [-0.3, -0.25) is 9.59 Å². The number of benzene rings is 2. The largest absolute Gasteiger partial charge is 0.444 e. The Hall–Kier alpha value is -3.35. The van der Waals surface area contributed by atoms with Crippen molar-refractivity contribution in [3.8, 4) is 0 Å². The number of nitrogens with one attached hydrogen (secondary N) is 3. The zero-order chi connectivity index (χ0) is 22.1. The van der Waals surface area contributed by atoms with Crippen LogP contribution in [-0.2, 0) is 27.3 Å². The Balaban J connectivity index is 1.74. The van der Waals surface area contributed by atoms with Crippen LogP contribution in [0, 0.1) is 6.92 Å². The van der Waals surface area contributed by atoms with Crippen LogP contribution in [0.15, 0.2) is 48.5 Å². The first kappa shape index (κ1) is 22.9. The summed E-state index contributed by atoms with van der Waals surface area (Å²) in [5, 5.41) is 7.99. The van der Waals surface area contributed by atoms with Crippen molar-refractivity contribution in [3.05, 3.63) is 65.2 Å². The average Bonchev–Trinajstić information content (AvgIpc) is 2.64. The Morgan fingerprint density at radius 1 is 0.900 bits per heavy atom. The van der Waals surface area contributed by atoms with Crippen molar-refractivity contribution in [1.82, 2.24) is 10.6 Å². The fourth-order valence-electron chi connectivity index (χ4n) is 2.65. The molecule has 0 unspecified atom stereocenters. The molecule has 0 heterocycles. The molecule has 2 aromatic rings. The van der Waals surface area contributed by atoms with Gasteiger partial charge in [-0.15, -0.1) is 0 Å². The Morgan fingerprint density at radius 2 is 1.60 bits per heavy atom. The smallest absolute Gasteiger partial charge is 0.408 e. The molecule has 0 aliphatic rings. The van der Waals surface area contributed by atoms with Gasteiger partial charge < -0.3 is 20.7 Å². The number of rotatable bonds is 7. The molecule has 0 aromatic heterocycles. The van der Waals surface area contributed by atoms with Crippen molar-refractivity contribution in [3.63, 3.8) is 0 Å². The van der Waals surface area contributed by atoms with Crippen LogP contribution in [0.4, 0.5) is 10.5 Å². The van der Waals surface area contributed by atoms with E-state index >= 15 is 0 Å². The molecule has 0 aliphatic carbocycles. The van der Waals surface area contributed by atoms with E-state index in [1.807, 2.05) is 43.3 Å². The predicted octanol–water partition coefficient (Wildman–Crippen LogP) is 3.32. The van der Waals surface area contributed by atoms with Gasteiger partial charge in [0.15, 0.2) is 0 Å². The second-order valence-electron chi connectivity index (χ2n) is 8.04. The summed E-state index contributed by atoms with van der Waals surface area (Å²) in [5.41, 5.74) is 2.99. The fraction of sp³-hybridized carbons (Fsp3) is 0.348. The van der Waals surface area contributed by atoms with Gasteiger partial charge in [-0.2, -0.15) is 0 Å². The lowest BCUT2D eigenvalue weighted by Crippen LogP contribution is -2.37. The molecule has 0 saturated heterocycles. The van der Waals surface area contributed by atoms with Crippen LogP contribution in [0.2, 0.25) is 0 Å². The van der Waals surface area contributed by atoms with Crippen molar-refractivity contribution in [2.45, 2.75) is 46.3 Å².